The molecule has 2 aromatic rings. The van der Waals surface area contributed by atoms with Gasteiger partial charge in [-0.1, -0.05) is 48.5 Å². The van der Waals surface area contributed by atoms with Crippen LogP contribution in [0.1, 0.15) is 28.9 Å². The molecule has 0 aliphatic heterocycles. The van der Waals surface area contributed by atoms with Gasteiger partial charge in [-0.25, -0.2) is 0 Å². The Morgan fingerprint density at radius 2 is 1.53 bits per heavy atom. The van der Waals surface area contributed by atoms with Crippen molar-refractivity contribution in [3.05, 3.63) is 71.8 Å². The third-order valence-electron chi connectivity index (χ3n) is 3.01. The van der Waals surface area contributed by atoms with Crippen LogP contribution in [0, 0.1) is 0 Å². The number of carbonyl (C=O) groups is 1. The van der Waals surface area contributed by atoms with Crippen LogP contribution in [0.4, 0.5) is 0 Å². The summed E-state index contributed by atoms with van der Waals surface area (Å²) >= 11 is 0. The highest BCUT2D eigenvalue weighted by Gasteiger charge is 2.18. The Morgan fingerprint density at radius 1 is 1.00 bits per heavy atom. The summed E-state index contributed by atoms with van der Waals surface area (Å²) in [6, 6.07) is 17.9. The maximum atomic E-state index is 12.0. The molecule has 2 rings (SSSR count). The Kier molecular flexibility index (Phi) is 4.31. The molecule has 3 nitrogen and oxygen atoms in total. The van der Waals surface area contributed by atoms with Crippen molar-refractivity contribution in [1.82, 2.24) is 5.32 Å². The molecule has 0 heterocycles. The molecule has 0 saturated heterocycles. The Labute approximate surface area is 112 Å². The maximum Gasteiger partial charge on any atom is 0.251 e. The number of amides is 1. The number of carbonyl (C=O) groups excluding carboxylic acids is 1. The van der Waals surface area contributed by atoms with Gasteiger partial charge in [0.05, 0.1) is 12.1 Å². The highest BCUT2D eigenvalue weighted by Crippen LogP contribution is 2.16. The first-order valence-corrected chi connectivity index (χ1v) is 6.27. The first-order chi connectivity index (χ1) is 9.18. The Bertz CT molecular complexity index is 525. The number of nitrogens with one attached hydrogen (secondary N) is 1. The Hall–Kier alpha value is -2.13. The van der Waals surface area contributed by atoms with E-state index < -0.39 is 6.10 Å². The average molecular weight is 255 g/mol. The van der Waals surface area contributed by atoms with Gasteiger partial charge >= 0.3 is 0 Å². The standard InChI is InChI=1S/C16H17NO2/c1-12(15(18)13-8-4-2-5-9-13)17-16(19)14-10-6-3-7-11-14/h2-12,15,18H,1H3,(H,17,19)/t12-,15+/m0/s1. The van der Waals surface area contributed by atoms with E-state index in [1.54, 1.807) is 19.1 Å². The van der Waals surface area contributed by atoms with E-state index >= 15 is 0 Å². The highest BCUT2D eigenvalue weighted by molar-refractivity contribution is 5.94. The quantitative estimate of drug-likeness (QED) is 0.882. The SMILES string of the molecule is C[C@H](NC(=O)c1ccccc1)[C@@H](O)c1ccccc1. The monoisotopic (exact) mass is 255 g/mol. The predicted molar refractivity (Wildman–Crippen MR) is 74.8 cm³/mol. The second-order valence-electron chi connectivity index (χ2n) is 4.48. The van der Waals surface area contributed by atoms with Crippen molar-refractivity contribution in [2.75, 3.05) is 0 Å². The molecule has 2 aromatic carbocycles. The second-order valence-corrected chi connectivity index (χ2v) is 4.48. The lowest BCUT2D eigenvalue weighted by Gasteiger charge is -2.20. The van der Waals surface area contributed by atoms with E-state index in [0.717, 1.165) is 5.56 Å². The molecule has 0 fully saturated rings. The van der Waals surface area contributed by atoms with Crippen molar-refractivity contribution < 1.29 is 9.90 Å². The number of aliphatic hydroxyl groups is 1. The minimum Gasteiger partial charge on any atom is -0.386 e. The molecule has 0 bridgehead atoms. The highest BCUT2D eigenvalue weighted by atomic mass is 16.3. The van der Waals surface area contributed by atoms with Crippen LogP contribution in [0.3, 0.4) is 0 Å². The minimum atomic E-state index is -0.714. The normalized spacial score (nSPS) is 13.6. The molecule has 0 spiro atoms. The topological polar surface area (TPSA) is 49.3 Å². The summed E-state index contributed by atoms with van der Waals surface area (Å²) in [5.74, 6) is -0.178. The lowest BCUT2D eigenvalue weighted by atomic mass is 10.0. The minimum absolute atomic E-state index is 0.178. The Morgan fingerprint density at radius 3 is 2.11 bits per heavy atom. The molecule has 2 atom stereocenters. The van der Waals surface area contributed by atoms with Crippen LogP contribution in [0.25, 0.3) is 0 Å². The molecular weight excluding hydrogens is 238 g/mol. The van der Waals surface area contributed by atoms with Crippen molar-refractivity contribution in [2.45, 2.75) is 19.1 Å². The van der Waals surface area contributed by atoms with Gasteiger partial charge in [-0.3, -0.25) is 4.79 Å². The van der Waals surface area contributed by atoms with Gasteiger partial charge in [-0.15, -0.1) is 0 Å². The summed E-state index contributed by atoms with van der Waals surface area (Å²) in [5.41, 5.74) is 1.39. The summed E-state index contributed by atoms with van der Waals surface area (Å²) in [6.45, 7) is 1.79. The number of aliphatic hydroxyl groups excluding tert-OH is 1. The van der Waals surface area contributed by atoms with Crippen LogP contribution in [-0.2, 0) is 0 Å². The third-order valence-corrected chi connectivity index (χ3v) is 3.01. The molecule has 0 unspecified atom stereocenters. The van der Waals surface area contributed by atoms with Crippen molar-refractivity contribution in [1.29, 1.82) is 0 Å². The van der Waals surface area contributed by atoms with E-state index in [0.29, 0.717) is 5.56 Å². The first-order valence-electron chi connectivity index (χ1n) is 6.27. The first kappa shape index (κ1) is 13.3. The van der Waals surface area contributed by atoms with Crippen LogP contribution >= 0.6 is 0 Å². The molecule has 19 heavy (non-hydrogen) atoms. The zero-order valence-corrected chi connectivity index (χ0v) is 10.8. The molecule has 0 aromatic heterocycles. The molecule has 2 N–H and O–H groups in total. The molecular formula is C16H17NO2. The van der Waals surface area contributed by atoms with Crippen LogP contribution in [-0.4, -0.2) is 17.1 Å². The van der Waals surface area contributed by atoms with Gasteiger partial charge in [-0.05, 0) is 24.6 Å². The average Bonchev–Trinajstić information content (AvgIpc) is 2.48. The zero-order chi connectivity index (χ0) is 13.7. The lowest BCUT2D eigenvalue weighted by Crippen LogP contribution is -2.37. The molecule has 0 radical (unpaired) electrons. The molecule has 1 amide bonds. The molecule has 3 heteroatoms. The fourth-order valence-corrected chi connectivity index (χ4v) is 1.90. The van der Waals surface area contributed by atoms with Gasteiger partial charge in [0.2, 0.25) is 0 Å². The molecule has 0 aliphatic rings. The van der Waals surface area contributed by atoms with E-state index in [1.165, 1.54) is 0 Å². The van der Waals surface area contributed by atoms with Crippen molar-refractivity contribution in [2.24, 2.45) is 0 Å². The van der Waals surface area contributed by atoms with Crippen LogP contribution in [0.2, 0.25) is 0 Å². The van der Waals surface area contributed by atoms with Gasteiger partial charge in [0.25, 0.3) is 5.91 Å². The summed E-state index contributed by atoms with van der Waals surface area (Å²) in [5, 5.41) is 13.0. The number of benzene rings is 2. The zero-order valence-electron chi connectivity index (χ0n) is 10.8. The Balaban J connectivity index is 2.02. The van der Waals surface area contributed by atoms with Crippen LogP contribution in [0.15, 0.2) is 60.7 Å². The number of hydrogen-bond donors (Lipinski definition) is 2. The van der Waals surface area contributed by atoms with Gasteiger partial charge in [0, 0.05) is 5.56 Å². The van der Waals surface area contributed by atoms with Gasteiger partial charge < -0.3 is 10.4 Å². The molecule has 98 valence electrons. The third kappa shape index (κ3) is 3.42. The molecule has 0 saturated carbocycles. The summed E-state index contributed by atoms with van der Waals surface area (Å²) in [6.07, 6.45) is -0.714. The van der Waals surface area contributed by atoms with Gasteiger partial charge in [0.15, 0.2) is 0 Å². The largest absolute Gasteiger partial charge is 0.386 e. The second kappa shape index (κ2) is 6.16. The fourth-order valence-electron chi connectivity index (χ4n) is 1.90. The van der Waals surface area contributed by atoms with Crippen molar-refractivity contribution in [3.8, 4) is 0 Å². The van der Waals surface area contributed by atoms with Crippen LogP contribution < -0.4 is 5.32 Å². The van der Waals surface area contributed by atoms with E-state index in [4.69, 9.17) is 0 Å². The van der Waals surface area contributed by atoms with Gasteiger partial charge in [-0.2, -0.15) is 0 Å². The van der Waals surface area contributed by atoms with E-state index in [-0.39, 0.29) is 11.9 Å². The molecule has 0 aliphatic carbocycles. The maximum absolute atomic E-state index is 12.0. The lowest BCUT2D eigenvalue weighted by molar-refractivity contribution is 0.0852. The number of hydrogen-bond acceptors (Lipinski definition) is 2. The predicted octanol–water partition coefficient (Wildman–Crippen LogP) is 2.54. The van der Waals surface area contributed by atoms with E-state index in [1.807, 2.05) is 48.5 Å². The smallest absolute Gasteiger partial charge is 0.251 e. The summed E-state index contributed by atoms with van der Waals surface area (Å²) < 4.78 is 0. The fraction of sp³-hybridized carbons (Fsp3) is 0.188. The van der Waals surface area contributed by atoms with E-state index in [9.17, 15) is 9.90 Å². The summed E-state index contributed by atoms with van der Waals surface area (Å²) in [7, 11) is 0. The van der Waals surface area contributed by atoms with Crippen molar-refractivity contribution in [3.63, 3.8) is 0 Å². The van der Waals surface area contributed by atoms with Crippen molar-refractivity contribution >= 4 is 5.91 Å². The number of rotatable bonds is 4. The van der Waals surface area contributed by atoms with E-state index in [2.05, 4.69) is 5.32 Å². The van der Waals surface area contributed by atoms with Crippen LogP contribution in [0.5, 0.6) is 0 Å². The van der Waals surface area contributed by atoms with Gasteiger partial charge in [0.1, 0.15) is 0 Å². The summed E-state index contributed by atoms with van der Waals surface area (Å²) in [4.78, 5) is 12.0.